The van der Waals surface area contributed by atoms with Gasteiger partial charge in [-0.1, -0.05) is 26.0 Å². The van der Waals surface area contributed by atoms with Crippen LogP contribution in [0.3, 0.4) is 0 Å². The molecule has 0 radical (unpaired) electrons. The van der Waals surface area contributed by atoms with E-state index in [-0.39, 0.29) is 0 Å². The second kappa shape index (κ2) is 4.39. The number of halogens is 1. The summed E-state index contributed by atoms with van der Waals surface area (Å²) in [5, 5.41) is 1.32. The maximum absolute atomic E-state index is 4.43. The van der Waals surface area contributed by atoms with Crippen LogP contribution in [0.4, 0.5) is 0 Å². The highest BCUT2D eigenvalue weighted by atomic mass is 79.9. The van der Waals surface area contributed by atoms with E-state index in [0.29, 0.717) is 5.92 Å². The molecule has 1 aromatic carbocycles. The topological polar surface area (TPSA) is 17.3 Å². The number of imidazole rings is 1. The fourth-order valence-electron chi connectivity index (χ4n) is 2.45. The maximum Gasteiger partial charge on any atom is 0.138 e. The van der Waals surface area contributed by atoms with Crippen LogP contribution in [0.25, 0.3) is 16.6 Å². The third-order valence-corrected chi connectivity index (χ3v) is 3.55. The summed E-state index contributed by atoms with van der Waals surface area (Å²) < 4.78 is 3.02. The maximum atomic E-state index is 4.43. The monoisotopic (exact) mass is 302 g/mol. The summed E-state index contributed by atoms with van der Waals surface area (Å²) in [7, 11) is 0. The molecule has 0 aliphatic heterocycles. The number of aromatic nitrogens is 2. The van der Waals surface area contributed by atoms with Crippen molar-refractivity contribution in [1.82, 2.24) is 9.38 Å². The van der Waals surface area contributed by atoms with Gasteiger partial charge >= 0.3 is 0 Å². The van der Waals surface area contributed by atoms with Crippen molar-refractivity contribution in [3.63, 3.8) is 0 Å². The molecule has 0 spiro atoms. The molecular weight excluding hydrogens is 288 g/mol. The molecule has 0 fully saturated rings. The zero-order valence-corrected chi connectivity index (χ0v) is 12.1. The Balaban J connectivity index is 2.32. The van der Waals surface area contributed by atoms with Crippen LogP contribution in [0, 0.1) is 5.92 Å². The number of hydrogen-bond donors (Lipinski definition) is 0. The Hall–Kier alpha value is -1.35. The Morgan fingerprint density at radius 1 is 1.22 bits per heavy atom. The van der Waals surface area contributed by atoms with E-state index < -0.39 is 0 Å². The Bertz CT molecular complexity index is 713. The molecule has 92 valence electrons. The summed E-state index contributed by atoms with van der Waals surface area (Å²) in [6.07, 6.45) is 3.13. The van der Waals surface area contributed by atoms with E-state index in [1.165, 1.54) is 16.5 Å². The van der Waals surface area contributed by atoms with Crippen molar-refractivity contribution in [3.05, 3.63) is 46.7 Å². The zero-order valence-electron chi connectivity index (χ0n) is 10.5. The average Bonchev–Trinajstić information content (AvgIpc) is 2.69. The second-order valence-electron chi connectivity index (χ2n) is 5.07. The quantitative estimate of drug-likeness (QED) is 0.683. The number of nitrogens with zero attached hydrogens (tertiary/aromatic N) is 2. The third kappa shape index (κ3) is 1.93. The first-order valence-electron chi connectivity index (χ1n) is 6.20. The predicted molar refractivity (Wildman–Crippen MR) is 78.9 cm³/mol. The van der Waals surface area contributed by atoms with Crippen LogP contribution >= 0.6 is 15.9 Å². The molecule has 0 aliphatic rings. The van der Waals surface area contributed by atoms with Crippen molar-refractivity contribution in [2.75, 3.05) is 0 Å². The summed E-state index contributed by atoms with van der Waals surface area (Å²) in [4.78, 5) is 4.43. The molecule has 3 heteroatoms. The largest absolute Gasteiger partial charge is 0.298 e. The molecule has 0 saturated heterocycles. The van der Waals surface area contributed by atoms with Crippen LogP contribution in [0.2, 0.25) is 0 Å². The third-order valence-electron chi connectivity index (χ3n) is 3.16. The van der Waals surface area contributed by atoms with Gasteiger partial charge in [0.25, 0.3) is 0 Å². The molecule has 2 nitrogen and oxygen atoms in total. The highest BCUT2D eigenvalue weighted by Gasteiger charge is 2.07. The van der Waals surface area contributed by atoms with Crippen LogP contribution < -0.4 is 0 Å². The summed E-state index contributed by atoms with van der Waals surface area (Å²) in [6, 6.07) is 10.8. The molecule has 0 atom stereocenters. The van der Waals surface area contributed by atoms with E-state index in [9.17, 15) is 0 Å². The van der Waals surface area contributed by atoms with Crippen LogP contribution in [-0.2, 0) is 6.42 Å². The first-order chi connectivity index (χ1) is 8.65. The zero-order chi connectivity index (χ0) is 12.7. The summed E-state index contributed by atoms with van der Waals surface area (Å²) in [6.45, 7) is 4.51. The smallest absolute Gasteiger partial charge is 0.138 e. The molecule has 3 aromatic rings. The lowest BCUT2D eigenvalue weighted by Crippen LogP contribution is -1.96. The minimum Gasteiger partial charge on any atom is -0.298 e. The van der Waals surface area contributed by atoms with Crippen molar-refractivity contribution in [1.29, 1.82) is 0 Å². The van der Waals surface area contributed by atoms with E-state index >= 15 is 0 Å². The fraction of sp³-hybridized carbons (Fsp3) is 0.267. The van der Waals surface area contributed by atoms with Crippen molar-refractivity contribution in [2.24, 2.45) is 5.92 Å². The van der Waals surface area contributed by atoms with Gasteiger partial charge in [-0.2, -0.15) is 0 Å². The second-order valence-corrected chi connectivity index (χ2v) is 5.89. The molecule has 0 N–H and O–H groups in total. The Kier molecular flexibility index (Phi) is 2.86. The summed E-state index contributed by atoms with van der Waals surface area (Å²) in [5.41, 5.74) is 3.62. The Labute approximate surface area is 115 Å². The van der Waals surface area contributed by atoms with Gasteiger partial charge in [-0.15, -0.1) is 0 Å². The molecule has 0 unspecified atom stereocenters. The molecular formula is C15H15BrN2. The van der Waals surface area contributed by atoms with E-state index in [0.717, 1.165) is 16.7 Å². The Morgan fingerprint density at radius 3 is 2.83 bits per heavy atom. The molecule has 18 heavy (non-hydrogen) atoms. The van der Waals surface area contributed by atoms with Crippen LogP contribution in [0.1, 0.15) is 19.4 Å². The highest BCUT2D eigenvalue weighted by Crippen LogP contribution is 2.24. The van der Waals surface area contributed by atoms with Crippen molar-refractivity contribution < 1.29 is 0 Å². The number of pyridine rings is 1. The molecule has 0 saturated carbocycles. The molecule has 2 aromatic heterocycles. The van der Waals surface area contributed by atoms with Gasteiger partial charge in [-0.3, -0.25) is 4.40 Å². The highest BCUT2D eigenvalue weighted by molar-refractivity contribution is 9.10. The van der Waals surface area contributed by atoms with Crippen molar-refractivity contribution in [2.45, 2.75) is 20.3 Å². The normalized spacial score (nSPS) is 11.8. The predicted octanol–water partition coefficient (Wildman–Crippen LogP) is 4.45. The van der Waals surface area contributed by atoms with Crippen LogP contribution in [0.15, 0.2) is 41.1 Å². The summed E-state index contributed by atoms with van der Waals surface area (Å²) >= 11 is 3.44. The van der Waals surface area contributed by atoms with Crippen LogP contribution in [0.5, 0.6) is 0 Å². The lowest BCUT2D eigenvalue weighted by molar-refractivity contribution is 0.650. The molecule has 0 amide bonds. The van der Waals surface area contributed by atoms with Crippen molar-refractivity contribution in [3.8, 4) is 0 Å². The lowest BCUT2D eigenvalue weighted by Gasteiger charge is -2.10. The average molecular weight is 303 g/mol. The SMILES string of the molecule is CC(C)Cc1cccc2c1ccc1nc(Br)cn12. The summed E-state index contributed by atoms with van der Waals surface area (Å²) in [5.74, 6) is 0.667. The van der Waals surface area contributed by atoms with Gasteiger partial charge in [0.2, 0.25) is 0 Å². The van der Waals surface area contributed by atoms with E-state index in [1.807, 2.05) is 6.20 Å². The van der Waals surface area contributed by atoms with Gasteiger partial charge in [0.05, 0.1) is 5.52 Å². The van der Waals surface area contributed by atoms with Gasteiger partial charge in [-0.25, -0.2) is 4.98 Å². The first kappa shape index (κ1) is 11.7. The fourth-order valence-corrected chi connectivity index (χ4v) is 2.84. The molecule has 3 rings (SSSR count). The van der Waals surface area contributed by atoms with Gasteiger partial charge in [0.1, 0.15) is 10.3 Å². The number of benzene rings is 1. The number of rotatable bonds is 2. The van der Waals surface area contributed by atoms with Gasteiger partial charge in [0.15, 0.2) is 0 Å². The van der Waals surface area contributed by atoms with E-state index in [2.05, 4.69) is 69.5 Å². The van der Waals surface area contributed by atoms with Crippen molar-refractivity contribution >= 4 is 32.5 Å². The minimum atomic E-state index is 0.667. The lowest BCUT2D eigenvalue weighted by atomic mass is 9.99. The minimum absolute atomic E-state index is 0.667. The van der Waals surface area contributed by atoms with Gasteiger partial charge in [-0.05, 0) is 52.0 Å². The molecule has 0 aliphatic carbocycles. The van der Waals surface area contributed by atoms with E-state index in [4.69, 9.17) is 0 Å². The standard InChI is InChI=1S/C15H15BrN2/c1-10(2)8-11-4-3-5-13-12(11)6-7-15-17-14(16)9-18(13)15/h3-7,9-10H,8H2,1-2H3. The van der Waals surface area contributed by atoms with Gasteiger partial charge < -0.3 is 0 Å². The van der Waals surface area contributed by atoms with E-state index in [1.54, 1.807) is 0 Å². The van der Waals surface area contributed by atoms with Crippen LogP contribution in [-0.4, -0.2) is 9.38 Å². The number of hydrogen-bond acceptors (Lipinski definition) is 1. The first-order valence-corrected chi connectivity index (χ1v) is 6.99. The van der Waals surface area contributed by atoms with Gasteiger partial charge in [0, 0.05) is 11.6 Å². The Morgan fingerprint density at radius 2 is 2.06 bits per heavy atom. The number of fused-ring (bicyclic) bond motifs is 3. The molecule has 0 bridgehead atoms. The molecule has 2 heterocycles.